The summed E-state index contributed by atoms with van der Waals surface area (Å²) < 4.78 is 5.01. The third kappa shape index (κ3) is 4.41. The fourth-order valence-electron chi connectivity index (χ4n) is 2.33. The molecule has 2 aromatic carbocycles. The number of benzene rings is 2. The Kier molecular flexibility index (Phi) is 5.40. The number of amides is 1. The molecule has 1 heterocycles. The van der Waals surface area contributed by atoms with Crippen LogP contribution in [0.25, 0.3) is 0 Å². The Morgan fingerprint density at radius 3 is 2.76 bits per heavy atom. The van der Waals surface area contributed by atoms with Crippen LogP contribution in [0.3, 0.4) is 0 Å². The molecule has 5 nitrogen and oxygen atoms in total. The molecule has 0 bridgehead atoms. The zero-order valence-corrected chi connectivity index (χ0v) is 14.6. The molecule has 0 radical (unpaired) electrons. The molecule has 0 saturated carbocycles. The van der Waals surface area contributed by atoms with Crippen LogP contribution in [0.15, 0.2) is 53.4 Å². The molecular formula is C18H14ClNO4S. The highest BCUT2D eigenvalue weighted by atomic mass is 35.5. The summed E-state index contributed by atoms with van der Waals surface area (Å²) in [5.41, 5.74) is 1.11. The molecule has 0 saturated heterocycles. The van der Waals surface area contributed by atoms with E-state index in [0.29, 0.717) is 10.6 Å². The first kappa shape index (κ1) is 17.5. The topological polar surface area (TPSA) is 72.5 Å². The lowest BCUT2D eigenvalue weighted by Crippen LogP contribution is -2.31. The second-order valence-corrected chi connectivity index (χ2v) is 7.07. The number of carbonyl (C=O) groups is 3. The summed E-state index contributed by atoms with van der Waals surface area (Å²) in [6.07, 6.45) is -0.104. The van der Waals surface area contributed by atoms with E-state index in [4.69, 9.17) is 16.3 Å². The number of thioether (sulfide) groups is 1. The van der Waals surface area contributed by atoms with E-state index in [1.54, 1.807) is 24.3 Å². The van der Waals surface area contributed by atoms with Crippen LogP contribution < -0.4 is 5.32 Å². The molecule has 25 heavy (non-hydrogen) atoms. The van der Waals surface area contributed by atoms with Crippen molar-refractivity contribution in [3.05, 3.63) is 59.1 Å². The van der Waals surface area contributed by atoms with Gasteiger partial charge in [0.1, 0.15) is 0 Å². The number of para-hydroxylation sites is 1. The SMILES string of the molecule is O=C(C[C@H]1Sc2ccccc2NC1=O)OCC(=O)c1cccc(Cl)c1. The van der Waals surface area contributed by atoms with Gasteiger partial charge in [-0.05, 0) is 24.3 Å². The van der Waals surface area contributed by atoms with Crippen molar-refractivity contribution in [2.45, 2.75) is 16.6 Å². The van der Waals surface area contributed by atoms with Gasteiger partial charge in [-0.15, -0.1) is 11.8 Å². The molecule has 0 aliphatic carbocycles. The first-order valence-corrected chi connectivity index (χ1v) is 8.79. The number of carbonyl (C=O) groups excluding carboxylic acids is 3. The first-order valence-electron chi connectivity index (χ1n) is 7.54. The lowest BCUT2D eigenvalue weighted by atomic mass is 10.1. The van der Waals surface area contributed by atoms with Crippen molar-refractivity contribution in [2.24, 2.45) is 0 Å². The zero-order chi connectivity index (χ0) is 17.8. The molecule has 0 aromatic heterocycles. The van der Waals surface area contributed by atoms with Crippen LogP contribution in [0.4, 0.5) is 5.69 Å². The maximum Gasteiger partial charge on any atom is 0.307 e. The lowest BCUT2D eigenvalue weighted by molar-refractivity contribution is -0.143. The number of esters is 1. The molecule has 1 aliphatic heterocycles. The Bertz CT molecular complexity index is 839. The number of hydrogen-bond acceptors (Lipinski definition) is 5. The number of rotatable bonds is 5. The van der Waals surface area contributed by atoms with E-state index in [0.717, 1.165) is 10.6 Å². The molecule has 1 amide bonds. The number of ketones is 1. The molecule has 1 aliphatic rings. The highest BCUT2D eigenvalue weighted by Crippen LogP contribution is 2.36. The predicted molar refractivity (Wildman–Crippen MR) is 96.1 cm³/mol. The van der Waals surface area contributed by atoms with Gasteiger partial charge in [-0.25, -0.2) is 0 Å². The second kappa shape index (κ2) is 7.72. The van der Waals surface area contributed by atoms with E-state index in [1.807, 2.05) is 18.2 Å². The smallest absolute Gasteiger partial charge is 0.307 e. The number of Topliss-reactive ketones (excluding diaryl/α,β-unsaturated/α-hetero) is 1. The van der Waals surface area contributed by atoms with Gasteiger partial charge in [-0.3, -0.25) is 14.4 Å². The van der Waals surface area contributed by atoms with Gasteiger partial charge >= 0.3 is 5.97 Å². The second-order valence-electron chi connectivity index (χ2n) is 5.39. The van der Waals surface area contributed by atoms with Crippen molar-refractivity contribution < 1.29 is 19.1 Å². The Hall–Kier alpha value is -2.31. The van der Waals surface area contributed by atoms with Crippen LogP contribution >= 0.6 is 23.4 Å². The number of ether oxygens (including phenoxy) is 1. The fourth-order valence-corrected chi connectivity index (χ4v) is 3.61. The van der Waals surface area contributed by atoms with Crippen LogP contribution in [-0.4, -0.2) is 29.5 Å². The summed E-state index contributed by atoms with van der Waals surface area (Å²) in [5.74, 6) is -1.19. The Balaban J connectivity index is 1.54. The summed E-state index contributed by atoms with van der Waals surface area (Å²) >= 11 is 7.14. The number of hydrogen-bond donors (Lipinski definition) is 1. The summed E-state index contributed by atoms with van der Waals surface area (Å²) in [5, 5.41) is 2.62. The summed E-state index contributed by atoms with van der Waals surface area (Å²) in [7, 11) is 0. The predicted octanol–water partition coefficient (Wildman–Crippen LogP) is 3.57. The summed E-state index contributed by atoms with van der Waals surface area (Å²) in [6.45, 7) is -0.380. The van der Waals surface area contributed by atoms with E-state index >= 15 is 0 Å². The third-order valence-corrected chi connectivity index (χ3v) is 5.08. The van der Waals surface area contributed by atoms with Crippen LogP contribution in [0.2, 0.25) is 5.02 Å². The van der Waals surface area contributed by atoms with Crippen LogP contribution in [-0.2, 0) is 14.3 Å². The minimum absolute atomic E-state index is 0.104. The lowest BCUT2D eigenvalue weighted by Gasteiger charge is -2.23. The molecular weight excluding hydrogens is 362 g/mol. The van der Waals surface area contributed by atoms with E-state index in [2.05, 4.69) is 5.32 Å². The molecule has 0 unspecified atom stereocenters. The average Bonchev–Trinajstić information content (AvgIpc) is 2.60. The van der Waals surface area contributed by atoms with Gasteiger partial charge in [0.25, 0.3) is 0 Å². The maximum atomic E-state index is 12.1. The van der Waals surface area contributed by atoms with Crippen molar-refractivity contribution >= 4 is 46.7 Å². The molecule has 1 N–H and O–H groups in total. The van der Waals surface area contributed by atoms with E-state index in [9.17, 15) is 14.4 Å². The Morgan fingerprint density at radius 1 is 1.16 bits per heavy atom. The fraction of sp³-hybridized carbons (Fsp3) is 0.167. The summed E-state index contributed by atoms with van der Waals surface area (Å²) in [4.78, 5) is 36.9. The molecule has 128 valence electrons. The van der Waals surface area contributed by atoms with E-state index < -0.39 is 11.2 Å². The van der Waals surface area contributed by atoms with Gasteiger partial charge in [-0.2, -0.15) is 0 Å². The van der Waals surface area contributed by atoms with Crippen molar-refractivity contribution in [2.75, 3.05) is 11.9 Å². The molecule has 2 aromatic rings. The minimum atomic E-state index is -0.595. The van der Waals surface area contributed by atoms with Gasteiger partial charge in [0.15, 0.2) is 12.4 Å². The number of halogens is 1. The Labute approximate surface area is 153 Å². The quantitative estimate of drug-likeness (QED) is 0.639. The minimum Gasteiger partial charge on any atom is -0.457 e. The standard InChI is InChI=1S/C18H14ClNO4S/c19-12-5-3-4-11(8-12)14(21)10-24-17(22)9-16-18(23)20-13-6-1-2-7-15(13)25-16/h1-8,16H,9-10H2,(H,20,23)/t16-/m1/s1. The van der Waals surface area contributed by atoms with Crippen molar-refractivity contribution in [1.29, 1.82) is 0 Å². The van der Waals surface area contributed by atoms with E-state index in [1.165, 1.54) is 17.8 Å². The van der Waals surface area contributed by atoms with E-state index in [-0.39, 0.29) is 24.7 Å². The molecule has 0 spiro atoms. The monoisotopic (exact) mass is 375 g/mol. The van der Waals surface area contributed by atoms with Crippen molar-refractivity contribution in [1.82, 2.24) is 0 Å². The van der Waals surface area contributed by atoms with Crippen LogP contribution in [0, 0.1) is 0 Å². The highest BCUT2D eigenvalue weighted by Gasteiger charge is 2.29. The van der Waals surface area contributed by atoms with Crippen LogP contribution in [0.5, 0.6) is 0 Å². The van der Waals surface area contributed by atoms with Crippen molar-refractivity contribution in [3.63, 3.8) is 0 Å². The molecule has 1 atom stereocenters. The van der Waals surface area contributed by atoms with Gasteiger partial charge in [0, 0.05) is 15.5 Å². The first-order chi connectivity index (χ1) is 12.0. The number of nitrogens with one attached hydrogen (secondary N) is 1. The van der Waals surface area contributed by atoms with Gasteiger partial charge in [0.2, 0.25) is 5.91 Å². The van der Waals surface area contributed by atoms with Crippen molar-refractivity contribution in [3.8, 4) is 0 Å². The summed E-state index contributed by atoms with van der Waals surface area (Å²) in [6, 6.07) is 13.8. The Morgan fingerprint density at radius 2 is 1.96 bits per heavy atom. The third-order valence-electron chi connectivity index (χ3n) is 3.57. The molecule has 3 rings (SSSR count). The van der Waals surface area contributed by atoms with Gasteiger partial charge in [0.05, 0.1) is 17.4 Å². The van der Waals surface area contributed by atoms with Gasteiger partial charge in [-0.1, -0.05) is 35.9 Å². The number of anilines is 1. The maximum absolute atomic E-state index is 12.1. The number of fused-ring (bicyclic) bond motifs is 1. The normalized spacial score (nSPS) is 15.9. The zero-order valence-electron chi connectivity index (χ0n) is 13.0. The molecule has 0 fully saturated rings. The van der Waals surface area contributed by atoms with Crippen LogP contribution in [0.1, 0.15) is 16.8 Å². The highest BCUT2D eigenvalue weighted by molar-refractivity contribution is 8.01. The van der Waals surface area contributed by atoms with Gasteiger partial charge < -0.3 is 10.1 Å². The molecule has 7 heteroatoms. The average molecular weight is 376 g/mol. The largest absolute Gasteiger partial charge is 0.457 e.